The molecule has 6 heterocycles. The molecule has 8 nitrogen and oxygen atoms in total. The summed E-state index contributed by atoms with van der Waals surface area (Å²) >= 11 is 0. The van der Waals surface area contributed by atoms with Gasteiger partial charge in [-0.15, -0.1) is 0 Å². The minimum atomic E-state index is 0.563. The number of para-hydroxylation sites is 6. The van der Waals surface area contributed by atoms with Crippen LogP contribution < -0.4 is 0 Å². The molecule has 0 bridgehead atoms. The van der Waals surface area contributed by atoms with E-state index in [0.717, 1.165) is 89.2 Å². The molecule has 82 heavy (non-hydrogen) atoms. The monoisotopic (exact) mass is 1050 g/mol. The van der Waals surface area contributed by atoms with Crippen molar-refractivity contribution in [2.24, 2.45) is 0 Å². The number of aromatic nitrogens is 8. The van der Waals surface area contributed by atoms with Gasteiger partial charge < -0.3 is 18.3 Å². The maximum atomic E-state index is 5.35. The fourth-order valence-corrected chi connectivity index (χ4v) is 13.0. The average molecular weight is 1050 g/mol. The minimum Gasteiger partial charge on any atom is -0.309 e. The Kier molecular flexibility index (Phi) is 10.1. The summed E-state index contributed by atoms with van der Waals surface area (Å²) in [6.45, 7) is 0. The van der Waals surface area contributed by atoms with Crippen molar-refractivity contribution in [1.29, 1.82) is 0 Å². The zero-order valence-electron chi connectivity index (χ0n) is 44.1. The number of nitrogens with zero attached hydrogens (tertiary/aromatic N) is 8. The van der Waals surface area contributed by atoms with Crippen LogP contribution >= 0.6 is 0 Å². The summed E-state index contributed by atoms with van der Waals surface area (Å²) in [7, 11) is 0. The van der Waals surface area contributed by atoms with E-state index in [9.17, 15) is 0 Å². The number of hydrogen-bond donors (Lipinski definition) is 0. The Morgan fingerprint density at radius 2 is 0.671 bits per heavy atom. The summed E-state index contributed by atoms with van der Waals surface area (Å²) in [5.74, 6) is 1.76. The maximum absolute atomic E-state index is 5.35. The molecule has 11 aromatic carbocycles. The Hall–Kier alpha value is -11.2. The standard InChI is InChI=1S/C74H46N8/c1-5-21-47(22-6-1)72-76-73(48-23-7-2-8-24-48)78-74(77-72)49-37-40-65(82-64-36-20-16-32-58(64)69-67(82)42-39-56-54-30-14-18-34-62(54)81(71(56)69)51-27-11-4-12-28-51)59(45-49)60-46-52(43-44-75-60)79-63-35-19-15-31-57(63)68-66(79)41-38-55-53-29-13-17-33-61(53)80(70(55)68)50-25-9-3-10-26-50/h1-46H. The Bertz CT molecular complexity index is 5330. The van der Waals surface area contributed by atoms with Crippen LogP contribution in [0.5, 0.6) is 0 Å². The Balaban J connectivity index is 0.949. The lowest BCUT2D eigenvalue weighted by Gasteiger charge is -2.17. The predicted molar refractivity (Wildman–Crippen MR) is 337 cm³/mol. The molecule has 0 aliphatic carbocycles. The van der Waals surface area contributed by atoms with Gasteiger partial charge in [-0.25, -0.2) is 15.0 Å². The van der Waals surface area contributed by atoms with Crippen molar-refractivity contribution >= 4 is 87.2 Å². The third-order valence-corrected chi connectivity index (χ3v) is 16.4. The molecule has 17 rings (SSSR count). The first-order valence-electron chi connectivity index (χ1n) is 27.7. The second-order valence-electron chi connectivity index (χ2n) is 21.0. The highest BCUT2D eigenvalue weighted by Crippen LogP contribution is 2.46. The normalized spacial score (nSPS) is 11.9. The molecule has 17 aromatic rings. The van der Waals surface area contributed by atoms with Crippen molar-refractivity contribution in [3.8, 4) is 68.2 Å². The number of rotatable bonds is 8. The SMILES string of the molecule is c1ccc(-c2nc(-c3ccccc3)nc(-c3ccc(-n4c5ccccc5c5c4ccc4c6ccccc6n(-c6ccccc6)c45)c(-c4cc(-n5c6ccccc6c6c5ccc5c7ccccc7n(-c7ccccc7)c56)ccn4)c3)n2)cc1. The van der Waals surface area contributed by atoms with Crippen molar-refractivity contribution in [2.75, 3.05) is 0 Å². The largest absolute Gasteiger partial charge is 0.309 e. The van der Waals surface area contributed by atoms with E-state index in [1.807, 2.05) is 42.6 Å². The van der Waals surface area contributed by atoms with E-state index >= 15 is 0 Å². The van der Waals surface area contributed by atoms with Crippen LogP contribution in [0.2, 0.25) is 0 Å². The minimum absolute atomic E-state index is 0.563. The van der Waals surface area contributed by atoms with Crippen LogP contribution in [-0.4, -0.2) is 38.2 Å². The molecule has 0 N–H and O–H groups in total. The van der Waals surface area contributed by atoms with Gasteiger partial charge in [0, 0.05) is 88.6 Å². The number of fused-ring (bicyclic) bond motifs is 14. The van der Waals surface area contributed by atoms with E-state index < -0.39 is 0 Å². The quantitative estimate of drug-likeness (QED) is 0.152. The summed E-state index contributed by atoms with van der Waals surface area (Å²) in [6.07, 6.45) is 1.96. The maximum Gasteiger partial charge on any atom is 0.164 e. The zero-order chi connectivity index (χ0) is 53.8. The Morgan fingerprint density at radius 1 is 0.256 bits per heavy atom. The molecule has 0 saturated heterocycles. The first-order valence-corrected chi connectivity index (χ1v) is 27.7. The molecule has 0 aliphatic rings. The molecule has 0 aliphatic heterocycles. The van der Waals surface area contributed by atoms with Crippen molar-refractivity contribution < 1.29 is 0 Å². The van der Waals surface area contributed by atoms with Gasteiger partial charge in [0.2, 0.25) is 0 Å². The summed E-state index contributed by atoms with van der Waals surface area (Å²) in [5.41, 5.74) is 17.6. The van der Waals surface area contributed by atoms with Crippen LogP contribution in [0.3, 0.4) is 0 Å². The van der Waals surface area contributed by atoms with Crippen LogP contribution in [0.1, 0.15) is 0 Å². The van der Waals surface area contributed by atoms with Gasteiger partial charge in [-0.2, -0.15) is 0 Å². The van der Waals surface area contributed by atoms with E-state index in [2.05, 4.69) is 255 Å². The second kappa shape index (κ2) is 18.2. The zero-order valence-corrected chi connectivity index (χ0v) is 44.1. The van der Waals surface area contributed by atoms with Crippen molar-refractivity contribution in [3.05, 3.63) is 279 Å². The van der Waals surface area contributed by atoms with Gasteiger partial charge in [0.25, 0.3) is 0 Å². The summed E-state index contributed by atoms with van der Waals surface area (Å²) in [4.78, 5) is 20.9. The van der Waals surface area contributed by atoms with E-state index in [1.165, 1.54) is 48.7 Å². The lowest BCUT2D eigenvalue weighted by atomic mass is 10.0. The van der Waals surface area contributed by atoms with E-state index in [4.69, 9.17) is 19.9 Å². The molecule has 0 fully saturated rings. The number of benzene rings is 11. The second-order valence-corrected chi connectivity index (χ2v) is 21.0. The van der Waals surface area contributed by atoms with E-state index in [1.54, 1.807) is 0 Å². The van der Waals surface area contributed by atoms with Crippen LogP contribution in [0.15, 0.2) is 279 Å². The van der Waals surface area contributed by atoms with Crippen LogP contribution in [0.25, 0.3) is 155 Å². The highest BCUT2D eigenvalue weighted by molar-refractivity contribution is 6.27. The number of pyridine rings is 1. The van der Waals surface area contributed by atoms with Crippen LogP contribution in [0.4, 0.5) is 0 Å². The lowest BCUT2D eigenvalue weighted by Crippen LogP contribution is -2.03. The highest BCUT2D eigenvalue weighted by Gasteiger charge is 2.25. The van der Waals surface area contributed by atoms with E-state index in [-0.39, 0.29) is 0 Å². The molecular formula is C74H46N8. The molecule has 8 heteroatoms. The van der Waals surface area contributed by atoms with Gasteiger partial charge in [0.15, 0.2) is 17.5 Å². The molecule has 0 spiro atoms. The van der Waals surface area contributed by atoms with Crippen molar-refractivity contribution in [3.63, 3.8) is 0 Å². The molecule has 6 aromatic heterocycles. The number of hydrogen-bond acceptors (Lipinski definition) is 4. The average Bonchev–Trinajstić information content (AvgIpc) is 1.89. The fraction of sp³-hybridized carbons (Fsp3) is 0. The molecule has 0 radical (unpaired) electrons. The Labute approximate surface area is 470 Å². The highest BCUT2D eigenvalue weighted by atomic mass is 15.1. The van der Waals surface area contributed by atoms with Crippen LogP contribution in [0, 0.1) is 0 Å². The molecule has 382 valence electrons. The van der Waals surface area contributed by atoms with Gasteiger partial charge in [-0.3, -0.25) is 4.98 Å². The lowest BCUT2D eigenvalue weighted by molar-refractivity contribution is 1.07. The van der Waals surface area contributed by atoms with Crippen LogP contribution in [-0.2, 0) is 0 Å². The molecule has 0 atom stereocenters. The first kappa shape index (κ1) is 45.8. The van der Waals surface area contributed by atoms with E-state index in [0.29, 0.717) is 17.5 Å². The van der Waals surface area contributed by atoms with Crippen molar-refractivity contribution in [1.82, 2.24) is 38.2 Å². The smallest absolute Gasteiger partial charge is 0.164 e. The van der Waals surface area contributed by atoms with Gasteiger partial charge in [0.1, 0.15) is 0 Å². The third kappa shape index (κ3) is 6.91. The topological polar surface area (TPSA) is 71.3 Å². The molecular weight excluding hydrogens is 1000 g/mol. The molecule has 0 unspecified atom stereocenters. The Morgan fingerprint density at radius 3 is 1.18 bits per heavy atom. The van der Waals surface area contributed by atoms with Gasteiger partial charge >= 0.3 is 0 Å². The summed E-state index contributed by atoms with van der Waals surface area (Å²) in [6, 6.07) is 97.2. The van der Waals surface area contributed by atoms with Crippen molar-refractivity contribution in [2.45, 2.75) is 0 Å². The van der Waals surface area contributed by atoms with Gasteiger partial charge in [-0.05, 0) is 91.0 Å². The fourth-order valence-electron chi connectivity index (χ4n) is 13.0. The molecule has 0 amide bonds. The summed E-state index contributed by atoms with van der Waals surface area (Å²) < 4.78 is 9.72. The third-order valence-electron chi connectivity index (χ3n) is 16.4. The molecule has 0 saturated carbocycles. The summed E-state index contributed by atoms with van der Waals surface area (Å²) in [5, 5.41) is 9.53. The predicted octanol–water partition coefficient (Wildman–Crippen LogP) is 18.3. The first-order chi connectivity index (χ1) is 40.7. The van der Waals surface area contributed by atoms with Gasteiger partial charge in [-0.1, -0.05) is 182 Å². The van der Waals surface area contributed by atoms with Gasteiger partial charge in [0.05, 0.1) is 55.5 Å².